The van der Waals surface area contributed by atoms with E-state index in [1.807, 2.05) is 114 Å². The summed E-state index contributed by atoms with van der Waals surface area (Å²) in [7, 11) is 0. The second-order valence-electron chi connectivity index (χ2n) is 17.0. The molecule has 0 radical (unpaired) electrons. The fourth-order valence-electron chi connectivity index (χ4n) is 9.81. The number of para-hydroxylation sites is 3. The van der Waals surface area contributed by atoms with Crippen LogP contribution >= 0.6 is 0 Å². The standard InChI is InChI=1S/C64H43FN2O2/c1-2-3-4-9-20-43-39-55(45-23-12-6-13-24-45)64(56(65)40-43)67(47-27-16-8-17-28-47)49-32-34-52-54-36-37-58-62-53(35-38-59(63(54)62)69-61(52)42-49)51-33-31-48(41-60(51)68-58)66(46-25-14-7-15-26-46)57-30-19-18-29-50(57)44-21-10-5-11-22-44/h2-42H,1H2. The molecule has 12 rings (SSSR count). The molecule has 10 aromatic carbocycles. The molecule has 0 aliphatic carbocycles. The number of hydrogen-bond acceptors (Lipinski definition) is 4. The van der Waals surface area contributed by atoms with E-state index in [1.165, 1.54) is 0 Å². The minimum Gasteiger partial charge on any atom is -0.456 e. The predicted molar refractivity (Wildman–Crippen MR) is 284 cm³/mol. The molecular weight excluding hydrogens is 848 g/mol. The summed E-state index contributed by atoms with van der Waals surface area (Å²) in [6, 6.07) is 74.1. The van der Waals surface area contributed by atoms with Gasteiger partial charge in [-0.15, -0.1) is 0 Å². The maximum Gasteiger partial charge on any atom is 0.148 e. The lowest BCUT2D eigenvalue weighted by Crippen LogP contribution is -2.14. The van der Waals surface area contributed by atoms with Gasteiger partial charge < -0.3 is 19.3 Å². The van der Waals surface area contributed by atoms with Gasteiger partial charge in [-0.1, -0.05) is 152 Å². The highest BCUT2D eigenvalue weighted by Gasteiger charge is 2.30. The maximum atomic E-state index is 17.0. The Balaban J connectivity index is 0.951. The molecule has 0 N–H and O–H groups in total. The number of anilines is 6. The van der Waals surface area contributed by atoms with Gasteiger partial charge in [0.25, 0.3) is 0 Å². The summed E-state index contributed by atoms with van der Waals surface area (Å²) in [5.74, 6) is 2.60. The third kappa shape index (κ3) is 7.43. The molecule has 0 saturated heterocycles. The van der Waals surface area contributed by atoms with E-state index in [1.54, 1.807) is 12.1 Å². The molecule has 0 atom stereocenters. The van der Waals surface area contributed by atoms with Crippen LogP contribution in [0.5, 0.6) is 23.0 Å². The Bertz CT molecular complexity index is 3640. The Labute approximate surface area is 401 Å². The van der Waals surface area contributed by atoms with Crippen LogP contribution in [0.3, 0.4) is 0 Å². The Morgan fingerprint density at radius 3 is 1.45 bits per heavy atom. The molecule has 0 bridgehead atoms. The number of allylic oxidation sites excluding steroid dienone is 4. The summed E-state index contributed by atoms with van der Waals surface area (Å²) >= 11 is 0. The quantitative estimate of drug-likeness (QED) is 0.121. The Kier molecular flexibility index (Phi) is 10.5. The summed E-state index contributed by atoms with van der Waals surface area (Å²) in [4.78, 5) is 4.29. The molecule has 2 aliphatic heterocycles. The molecule has 0 unspecified atom stereocenters. The van der Waals surface area contributed by atoms with E-state index in [0.717, 1.165) is 107 Å². The number of ether oxygens (including phenoxy) is 2. The largest absolute Gasteiger partial charge is 0.456 e. The second-order valence-corrected chi connectivity index (χ2v) is 17.0. The zero-order valence-electron chi connectivity index (χ0n) is 37.5. The van der Waals surface area contributed by atoms with Crippen molar-refractivity contribution in [1.29, 1.82) is 0 Å². The summed E-state index contributed by atoms with van der Waals surface area (Å²) in [5, 5.41) is 2.00. The predicted octanol–water partition coefficient (Wildman–Crippen LogP) is 18.6. The van der Waals surface area contributed by atoms with Crippen LogP contribution in [0.4, 0.5) is 38.5 Å². The number of fused-ring (bicyclic) bond motifs is 4. The van der Waals surface area contributed by atoms with Crippen LogP contribution in [-0.2, 0) is 0 Å². The van der Waals surface area contributed by atoms with Crippen LogP contribution in [0, 0.1) is 5.82 Å². The van der Waals surface area contributed by atoms with E-state index in [2.05, 4.69) is 139 Å². The lowest BCUT2D eigenvalue weighted by Gasteiger charge is -2.31. The average molecular weight is 891 g/mol. The first-order valence-electron chi connectivity index (χ1n) is 23.0. The van der Waals surface area contributed by atoms with E-state index in [9.17, 15) is 0 Å². The van der Waals surface area contributed by atoms with Crippen LogP contribution in [0.25, 0.3) is 61.4 Å². The molecule has 0 amide bonds. The average Bonchev–Trinajstić information content (AvgIpc) is 3.40. The van der Waals surface area contributed by atoms with Gasteiger partial charge in [-0.2, -0.15) is 0 Å². The Morgan fingerprint density at radius 1 is 0.377 bits per heavy atom. The Hall–Kier alpha value is -9.19. The number of rotatable bonds is 11. The third-order valence-corrected chi connectivity index (χ3v) is 12.9. The Morgan fingerprint density at radius 2 is 0.870 bits per heavy atom. The van der Waals surface area contributed by atoms with Gasteiger partial charge in [0.2, 0.25) is 0 Å². The van der Waals surface area contributed by atoms with Crippen molar-refractivity contribution in [2.75, 3.05) is 9.80 Å². The lowest BCUT2D eigenvalue weighted by atomic mass is 9.88. The molecular formula is C64H43FN2O2. The van der Waals surface area contributed by atoms with E-state index < -0.39 is 0 Å². The zero-order chi connectivity index (χ0) is 46.3. The molecule has 0 aromatic heterocycles. The van der Waals surface area contributed by atoms with Gasteiger partial charge in [0.05, 0.1) is 17.1 Å². The normalized spacial score (nSPS) is 12.0. The lowest BCUT2D eigenvalue weighted by molar-refractivity contribution is 0.480. The molecule has 10 aromatic rings. The van der Waals surface area contributed by atoms with Gasteiger partial charge in [-0.25, -0.2) is 4.39 Å². The van der Waals surface area contributed by atoms with Crippen LogP contribution in [0.2, 0.25) is 0 Å². The number of nitrogens with zero attached hydrogens (tertiary/aromatic N) is 2. The van der Waals surface area contributed by atoms with Gasteiger partial charge >= 0.3 is 0 Å². The molecule has 5 heteroatoms. The molecule has 2 heterocycles. The minimum atomic E-state index is -0.354. The van der Waals surface area contributed by atoms with Crippen molar-refractivity contribution in [1.82, 2.24) is 0 Å². The smallest absolute Gasteiger partial charge is 0.148 e. The number of hydrogen-bond donors (Lipinski definition) is 0. The van der Waals surface area contributed by atoms with Gasteiger partial charge in [0, 0.05) is 62.2 Å². The molecule has 69 heavy (non-hydrogen) atoms. The molecule has 2 aliphatic rings. The van der Waals surface area contributed by atoms with Gasteiger partial charge in [-0.3, -0.25) is 0 Å². The molecule has 328 valence electrons. The van der Waals surface area contributed by atoms with Gasteiger partial charge in [0.1, 0.15) is 28.8 Å². The fraction of sp³-hybridized carbons (Fsp3) is 0. The topological polar surface area (TPSA) is 24.9 Å². The first kappa shape index (κ1) is 41.3. The molecule has 0 saturated carbocycles. The molecule has 0 fully saturated rings. The van der Waals surface area contributed by atoms with Crippen LogP contribution in [0.15, 0.2) is 249 Å². The van der Waals surface area contributed by atoms with E-state index in [4.69, 9.17) is 9.47 Å². The summed E-state index contributed by atoms with van der Waals surface area (Å²) in [6.45, 7) is 3.76. The SMILES string of the molecule is C=CC=CC=Cc1cc(F)c(N(c2ccccc2)c2ccc3c(c2)Oc2ccc4c5c(ccc-3c25)Oc2cc(N(c3ccccc3)c3ccccc3-c3ccccc3)ccc2-4)c(-c2ccccc2)c1. The zero-order valence-corrected chi connectivity index (χ0v) is 37.5. The van der Waals surface area contributed by atoms with Crippen molar-refractivity contribution in [3.05, 3.63) is 261 Å². The first-order chi connectivity index (χ1) is 34.1. The van der Waals surface area contributed by atoms with E-state index in [0.29, 0.717) is 11.4 Å². The van der Waals surface area contributed by atoms with E-state index in [-0.39, 0.29) is 5.82 Å². The number of benzene rings is 10. The van der Waals surface area contributed by atoms with Gasteiger partial charge in [0.15, 0.2) is 0 Å². The van der Waals surface area contributed by atoms with Crippen molar-refractivity contribution in [2.45, 2.75) is 0 Å². The summed E-state index contributed by atoms with van der Waals surface area (Å²) in [5.41, 5.74) is 13.8. The van der Waals surface area contributed by atoms with Crippen LogP contribution in [0.1, 0.15) is 5.56 Å². The van der Waals surface area contributed by atoms with E-state index >= 15 is 4.39 Å². The number of halogens is 1. The first-order valence-corrected chi connectivity index (χ1v) is 23.0. The van der Waals surface area contributed by atoms with Crippen molar-refractivity contribution < 1.29 is 13.9 Å². The van der Waals surface area contributed by atoms with Crippen LogP contribution in [-0.4, -0.2) is 0 Å². The highest BCUT2D eigenvalue weighted by atomic mass is 19.1. The fourth-order valence-corrected chi connectivity index (χ4v) is 9.81. The summed E-state index contributed by atoms with van der Waals surface area (Å²) in [6.07, 6.45) is 9.23. The maximum absolute atomic E-state index is 17.0. The second kappa shape index (κ2) is 17.6. The van der Waals surface area contributed by atoms with Crippen molar-refractivity contribution in [2.24, 2.45) is 0 Å². The van der Waals surface area contributed by atoms with Gasteiger partial charge in [-0.05, 0) is 119 Å². The van der Waals surface area contributed by atoms with Crippen LogP contribution < -0.4 is 19.3 Å². The third-order valence-electron chi connectivity index (χ3n) is 12.9. The monoisotopic (exact) mass is 890 g/mol. The minimum absolute atomic E-state index is 0.354. The summed E-state index contributed by atoms with van der Waals surface area (Å²) < 4.78 is 30.8. The van der Waals surface area contributed by atoms with Crippen molar-refractivity contribution >= 4 is 51.0 Å². The highest BCUT2D eigenvalue weighted by molar-refractivity contribution is 6.14. The highest BCUT2D eigenvalue weighted by Crippen LogP contribution is 2.57. The van der Waals surface area contributed by atoms with Crippen molar-refractivity contribution in [3.8, 4) is 67.5 Å². The van der Waals surface area contributed by atoms with Crippen molar-refractivity contribution in [3.63, 3.8) is 0 Å². The molecule has 0 spiro atoms. The molecule has 4 nitrogen and oxygen atoms in total.